The van der Waals surface area contributed by atoms with Crippen LogP contribution in [-0.2, 0) is 0 Å². The Bertz CT molecular complexity index is 754. The van der Waals surface area contributed by atoms with Gasteiger partial charge >= 0.3 is 0 Å². The lowest BCUT2D eigenvalue weighted by Gasteiger charge is -2.29. The van der Waals surface area contributed by atoms with Crippen molar-refractivity contribution in [2.24, 2.45) is 0 Å². The third-order valence-electron chi connectivity index (χ3n) is 4.04. The average molecular weight is 301 g/mol. The number of hydrogen-bond acceptors (Lipinski definition) is 5. The SMILES string of the molecule is O=[N+]([O-])c1cc([N+](=O)[O-])c2ccccc2c1N1CCCCC1. The maximum atomic E-state index is 11.4. The van der Waals surface area contributed by atoms with Gasteiger partial charge in [0.1, 0.15) is 5.69 Å². The van der Waals surface area contributed by atoms with Crippen molar-refractivity contribution >= 4 is 27.8 Å². The van der Waals surface area contributed by atoms with E-state index in [-0.39, 0.29) is 11.4 Å². The van der Waals surface area contributed by atoms with Gasteiger partial charge in [0, 0.05) is 18.5 Å². The minimum atomic E-state index is -0.560. The lowest BCUT2D eigenvalue weighted by atomic mass is 10.0. The Balaban J connectivity index is 2.32. The van der Waals surface area contributed by atoms with E-state index in [9.17, 15) is 20.2 Å². The first-order valence-corrected chi connectivity index (χ1v) is 7.19. The molecule has 0 amide bonds. The van der Waals surface area contributed by atoms with E-state index in [1.54, 1.807) is 24.3 Å². The molecule has 0 aromatic heterocycles. The molecule has 0 spiro atoms. The summed E-state index contributed by atoms with van der Waals surface area (Å²) in [6.45, 7) is 1.48. The first kappa shape index (κ1) is 14.2. The van der Waals surface area contributed by atoms with Crippen molar-refractivity contribution in [3.05, 3.63) is 50.6 Å². The second kappa shape index (κ2) is 5.59. The number of nitro groups is 2. The normalized spacial score (nSPS) is 15.0. The van der Waals surface area contributed by atoms with E-state index < -0.39 is 9.85 Å². The summed E-state index contributed by atoms with van der Waals surface area (Å²) in [4.78, 5) is 23.6. The predicted molar refractivity (Wildman–Crippen MR) is 83.3 cm³/mol. The van der Waals surface area contributed by atoms with Crippen LogP contribution in [0.15, 0.2) is 30.3 Å². The van der Waals surface area contributed by atoms with Crippen molar-refractivity contribution in [3.63, 3.8) is 0 Å². The van der Waals surface area contributed by atoms with Crippen LogP contribution < -0.4 is 4.90 Å². The molecule has 0 saturated carbocycles. The van der Waals surface area contributed by atoms with Crippen LogP contribution in [0.2, 0.25) is 0 Å². The molecule has 2 aromatic rings. The van der Waals surface area contributed by atoms with Crippen LogP contribution >= 0.6 is 0 Å². The summed E-state index contributed by atoms with van der Waals surface area (Å²) in [6, 6.07) is 7.92. The molecule has 22 heavy (non-hydrogen) atoms. The zero-order valence-corrected chi connectivity index (χ0v) is 11.9. The summed E-state index contributed by atoms with van der Waals surface area (Å²) in [6.07, 6.45) is 3.06. The molecule has 7 heteroatoms. The molecule has 2 aromatic carbocycles. The fraction of sp³-hybridized carbons (Fsp3) is 0.333. The summed E-state index contributed by atoms with van der Waals surface area (Å²) in [7, 11) is 0. The second-order valence-electron chi connectivity index (χ2n) is 5.37. The van der Waals surface area contributed by atoms with Crippen molar-refractivity contribution in [2.75, 3.05) is 18.0 Å². The Morgan fingerprint density at radius 3 is 2.05 bits per heavy atom. The minimum Gasteiger partial charge on any atom is -0.365 e. The molecule has 0 aliphatic carbocycles. The molecule has 0 N–H and O–H groups in total. The van der Waals surface area contributed by atoms with Crippen molar-refractivity contribution < 1.29 is 9.85 Å². The summed E-state index contributed by atoms with van der Waals surface area (Å²) in [5.74, 6) is 0. The highest BCUT2D eigenvalue weighted by Gasteiger charge is 2.29. The van der Waals surface area contributed by atoms with Crippen molar-refractivity contribution in [2.45, 2.75) is 19.3 Å². The number of anilines is 1. The van der Waals surface area contributed by atoms with Gasteiger partial charge < -0.3 is 4.90 Å². The molecule has 3 rings (SSSR count). The number of hydrogen-bond donors (Lipinski definition) is 0. The Labute approximate surface area is 126 Å². The molecule has 7 nitrogen and oxygen atoms in total. The van der Waals surface area contributed by atoms with E-state index in [2.05, 4.69) is 0 Å². The number of nitrogens with zero attached hydrogens (tertiary/aromatic N) is 3. The monoisotopic (exact) mass is 301 g/mol. The Kier molecular flexibility index (Phi) is 3.62. The van der Waals surface area contributed by atoms with Crippen LogP contribution in [-0.4, -0.2) is 22.9 Å². The van der Waals surface area contributed by atoms with Crippen molar-refractivity contribution in [3.8, 4) is 0 Å². The van der Waals surface area contributed by atoms with E-state index in [1.165, 1.54) is 0 Å². The fourth-order valence-electron chi connectivity index (χ4n) is 3.07. The third kappa shape index (κ3) is 2.34. The number of benzene rings is 2. The van der Waals surface area contributed by atoms with Gasteiger partial charge in [-0.3, -0.25) is 20.2 Å². The maximum Gasteiger partial charge on any atom is 0.300 e. The van der Waals surface area contributed by atoms with E-state index in [0.29, 0.717) is 16.5 Å². The van der Waals surface area contributed by atoms with E-state index in [1.807, 2.05) is 4.90 Å². The highest BCUT2D eigenvalue weighted by atomic mass is 16.6. The molecule has 1 saturated heterocycles. The first-order chi connectivity index (χ1) is 10.6. The Morgan fingerprint density at radius 2 is 1.45 bits per heavy atom. The number of fused-ring (bicyclic) bond motifs is 1. The number of rotatable bonds is 3. The van der Waals surface area contributed by atoms with Gasteiger partial charge in [-0.25, -0.2) is 0 Å². The van der Waals surface area contributed by atoms with Gasteiger partial charge in [0.15, 0.2) is 0 Å². The van der Waals surface area contributed by atoms with Crippen LogP contribution in [0.1, 0.15) is 19.3 Å². The highest BCUT2D eigenvalue weighted by Crippen LogP contribution is 2.42. The first-order valence-electron chi connectivity index (χ1n) is 7.19. The molecule has 114 valence electrons. The van der Waals surface area contributed by atoms with Crippen LogP contribution in [0.3, 0.4) is 0 Å². The highest BCUT2D eigenvalue weighted by molar-refractivity contribution is 6.04. The molecule has 0 bridgehead atoms. The Morgan fingerprint density at radius 1 is 0.864 bits per heavy atom. The summed E-state index contributed by atoms with van der Waals surface area (Å²) >= 11 is 0. The van der Waals surface area contributed by atoms with Gasteiger partial charge in [0.2, 0.25) is 0 Å². The third-order valence-corrected chi connectivity index (χ3v) is 4.04. The molecular formula is C15H15N3O4. The van der Waals surface area contributed by atoms with Gasteiger partial charge in [0.25, 0.3) is 11.4 Å². The van der Waals surface area contributed by atoms with Gasteiger partial charge in [-0.15, -0.1) is 0 Å². The van der Waals surface area contributed by atoms with E-state index in [4.69, 9.17) is 0 Å². The molecule has 0 unspecified atom stereocenters. The summed E-state index contributed by atoms with van der Waals surface area (Å²) in [5.41, 5.74) is 0.0984. The minimum absolute atomic E-state index is 0.188. The van der Waals surface area contributed by atoms with Crippen molar-refractivity contribution in [1.29, 1.82) is 0 Å². The van der Waals surface area contributed by atoms with Crippen LogP contribution in [0.4, 0.5) is 17.1 Å². The smallest absolute Gasteiger partial charge is 0.300 e. The fourth-order valence-corrected chi connectivity index (χ4v) is 3.07. The maximum absolute atomic E-state index is 11.4. The topological polar surface area (TPSA) is 89.5 Å². The predicted octanol–water partition coefficient (Wildman–Crippen LogP) is 3.65. The quantitative estimate of drug-likeness (QED) is 0.637. The second-order valence-corrected chi connectivity index (χ2v) is 5.37. The van der Waals surface area contributed by atoms with E-state index in [0.717, 1.165) is 38.4 Å². The van der Waals surface area contributed by atoms with Gasteiger partial charge in [-0.05, 0) is 25.3 Å². The van der Waals surface area contributed by atoms with Crippen LogP contribution in [0.25, 0.3) is 10.8 Å². The molecule has 1 aliphatic heterocycles. The lowest BCUT2D eigenvalue weighted by Crippen LogP contribution is -2.30. The molecule has 0 radical (unpaired) electrons. The van der Waals surface area contributed by atoms with Gasteiger partial charge in [0.05, 0.1) is 21.3 Å². The van der Waals surface area contributed by atoms with Crippen molar-refractivity contribution in [1.82, 2.24) is 0 Å². The molecule has 1 aliphatic rings. The number of nitro benzene ring substituents is 2. The number of non-ortho nitro benzene ring substituents is 1. The molecular weight excluding hydrogens is 286 g/mol. The standard InChI is InChI=1S/C15H15N3O4/c19-17(20)13-10-14(18(21)22)15(16-8-4-1-5-9-16)12-7-3-2-6-11(12)13/h2-3,6-7,10H,1,4-5,8-9H2. The van der Waals surface area contributed by atoms with Crippen LogP contribution in [0.5, 0.6) is 0 Å². The van der Waals surface area contributed by atoms with E-state index >= 15 is 0 Å². The zero-order chi connectivity index (χ0) is 15.7. The Hall–Kier alpha value is -2.70. The molecule has 1 heterocycles. The molecule has 1 fully saturated rings. The average Bonchev–Trinajstić information content (AvgIpc) is 2.53. The van der Waals surface area contributed by atoms with Gasteiger partial charge in [-0.2, -0.15) is 0 Å². The van der Waals surface area contributed by atoms with Gasteiger partial charge in [-0.1, -0.05) is 18.2 Å². The lowest BCUT2D eigenvalue weighted by molar-refractivity contribution is -0.392. The number of piperidine rings is 1. The largest absolute Gasteiger partial charge is 0.365 e. The molecule has 0 atom stereocenters. The van der Waals surface area contributed by atoms with Crippen LogP contribution in [0, 0.1) is 20.2 Å². The summed E-state index contributed by atoms with van der Waals surface area (Å²) < 4.78 is 0. The summed E-state index contributed by atoms with van der Waals surface area (Å²) in [5, 5.41) is 23.7. The zero-order valence-electron chi connectivity index (χ0n) is 11.9.